The van der Waals surface area contributed by atoms with Gasteiger partial charge in [0.25, 0.3) is 5.91 Å². The Balaban J connectivity index is 1.85. The first-order chi connectivity index (χ1) is 11.3. The number of carbonyl (C=O) groups excluding carboxylic acids is 2. The van der Waals surface area contributed by atoms with Gasteiger partial charge in [-0.2, -0.15) is 0 Å². The third kappa shape index (κ3) is 3.19. The molecule has 8 heteroatoms. The second kappa shape index (κ2) is 6.23. The van der Waals surface area contributed by atoms with Gasteiger partial charge in [-0.3, -0.25) is 9.59 Å². The largest absolute Gasteiger partial charge is 0.459 e. The predicted octanol–water partition coefficient (Wildman–Crippen LogP) is 0.776. The van der Waals surface area contributed by atoms with Gasteiger partial charge in [0, 0.05) is 19.5 Å². The second-order valence-electron chi connectivity index (χ2n) is 6.87. The lowest BCUT2D eigenvalue weighted by Gasteiger charge is -2.43. The first-order valence-electron chi connectivity index (χ1n) is 8.13. The molecule has 1 aromatic rings. The van der Waals surface area contributed by atoms with E-state index < -0.39 is 21.9 Å². The lowest BCUT2D eigenvalue weighted by atomic mass is 10.0. The van der Waals surface area contributed by atoms with E-state index in [-0.39, 0.29) is 35.0 Å². The molecule has 0 aromatic carbocycles. The van der Waals surface area contributed by atoms with Crippen molar-refractivity contribution in [1.29, 1.82) is 0 Å². The van der Waals surface area contributed by atoms with Crippen molar-refractivity contribution in [3.63, 3.8) is 0 Å². The van der Waals surface area contributed by atoms with Crippen LogP contribution in [0.4, 0.5) is 0 Å². The Morgan fingerprint density at radius 2 is 1.83 bits per heavy atom. The first-order valence-corrected chi connectivity index (χ1v) is 9.95. The number of furan rings is 1. The molecule has 0 unspecified atom stereocenters. The van der Waals surface area contributed by atoms with Gasteiger partial charge in [0.2, 0.25) is 5.91 Å². The SMILES string of the molecule is CC(C)CC(=O)N1CCN(C(=O)c2ccco2)[C@H]2CS(=O)(=O)C[C@H]21. The number of piperazine rings is 1. The molecule has 2 amide bonds. The van der Waals surface area contributed by atoms with Crippen molar-refractivity contribution >= 4 is 21.7 Å². The highest BCUT2D eigenvalue weighted by Gasteiger charge is 2.49. The zero-order valence-electron chi connectivity index (χ0n) is 13.8. The maximum absolute atomic E-state index is 12.6. The van der Waals surface area contributed by atoms with Gasteiger partial charge >= 0.3 is 0 Å². The second-order valence-corrected chi connectivity index (χ2v) is 9.03. The highest BCUT2D eigenvalue weighted by atomic mass is 32.2. The van der Waals surface area contributed by atoms with Crippen LogP contribution in [0.3, 0.4) is 0 Å². The Labute approximate surface area is 141 Å². The summed E-state index contributed by atoms with van der Waals surface area (Å²) in [5.74, 6) is -0.138. The molecule has 0 aliphatic carbocycles. The maximum atomic E-state index is 12.6. The highest BCUT2D eigenvalue weighted by molar-refractivity contribution is 7.91. The summed E-state index contributed by atoms with van der Waals surface area (Å²) >= 11 is 0. The lowest BCUT2D eigenvalue weighted by Crippen LogP contribution is -2.62. The van der Waals surface area contributed by atoms with E-state index in [0.29, 0.717) is 19.5 Å². The Kier molecular flexibility index (Phi) is 4.42. The summed E-state index contributed by atoms with van der Waals surface area (Å²) in [6, 6.07) is 2.22. The van der Waals surface area contributed by atoms with Crippen molar-refractivity contribution in [2.45, 2.75) is 32.4 Å². The Hall–Kier alpha value is -1.83. The van der Waals surface area contributed by atoms with E-state index in [1.54, 1.807) is 21.9 Å². The summed E-state index contributed by atoms with van der Waals surface area (Å²) < 4.78 is 29.4. The zero-order chi connectivity index (χ0) is 17.5. The quantitative estimate of drug-likeness (QED) is 0.800. The fourth-order valence-electron chi connectivity index (χ4n) is 3.52. The molecule has 24 heavy (non-hydrogen) atoms. The third-order valence-corrected chi connectivity index (χ3v) is 6.27. The molecule has 2 atom stereocenters. The minimum atomic E-state index is -3.28. The van der Waals surface area contributed by atoms with Gasteiger partial charge in [-0.05, 0) is 18.1 Å². The highest BCUT2D eigenvalue weighted by Crippen LogP contribution is 2.29. The Bertz CT molecular complexity index is 726. The average Bonchev–Trinajstić information content (AvgIpc) is 3.10. The summed E-state index contributed by atoms with van der Waals surface area (Å²) in [4.78, 5) is 28.3. The Morgan fingerprint density at radius 1 is 1.21 bits per heavy atom. The van der Waals surface area contributed by atoms with Crippen LogP contribution in [-0.2, 0) is 14.6 Å². The van der Waals surface area contributed by atoms with E-state index >= 15 is 0 Å². The molecule has 0 saturated carbocycles. The summed E-state index contributed by atoms with van der Waals surface area (Å²) in [5, 5.41) is 0. The van der Waals surface area contributed by atoms with Crippen molar-refractivity contribution in [3.8, 4) is 0 Å². The monoisotopic (exact) mass is 354 g/mol. The number of fused-ring (bicyclic) bond motifs is 1. The van der Waals surface area contributed by atoms with E-state index in [4.69, 9.17) is 4.42 Å². The van der Waals surface area contributed by atoms with Crippen molar-refractivity contribution in [2.75, 3.05) is 24.6 Å². The van der Waals surface area contributed by atoms with E-state index in [9.17, 15) is 18.0 Å². The summed E-state index contributed by atoms with van der Waals surface area (Å²) in [7, 11) is -3.28. The normalized spacial score (nSPS) is 25.8. The van der Waals surface area contributed by atoms with E-state index in [0.717, 1.165) is 0 Å². The number of nitrogens with zero attached hydrogens (tertiary/aromatic N) is 2. The molecule has 7 nitrogen and oxygen atoms in total. The van der Waals surface area contributed by atoms with Gasteiger partial charge < -0.3 is 14.2 Å². The molecule has 2 aliphatic rings. The third-order valence-electron chi connectivity index (χ3n) is 4.57. The molecular formula is C16H22N2O5S. The van der Waals surface area contributed by atoms with Gasteiger partial charge in [0.15, 0.2) is 15.6 Å². The zero-order valence-corrected chi connectivity index (χ0v) is 14.7. The molecular weight excluding hydrogens is 332 g/mol. The molecule has 1 aromatic heterocycles. The minimum absolute atomic E-state index is 0.0396. The van der Waals surface area contributed by atoms with Gasteiger partial charge in [-0.15, -0.1) is 0 Å². The van der Waals surface area contributed by atoms with Crippen LogP contribution in [0.5, 0.6) is 0 Å². The molecule has 3 heterocycles. The number of hydrogen-bond donors (Lipinski definition) is 0. The smallest absolute Gasteiger partial charge is 0.289 e. The average molecular weight is 354 g/mol. The maximum Gasteiger partial charge on any atom is 0.289 e. The molecule has 132 valence electrons. The molecule has 2 fully saturated rings. The van der Waals surface area contributed by atoms with Crippen LogP contribution in [0.2, 0.25) is 0 Å². The number of carbonyl (C=O) groups is 2. The van der Waals surface area contributed by atoms with Crippen LogP contribution in [0.1, 0.15) is 30.8 Å². The van der Waals surface area contributed by atoms with Crippen LogP contribution in [0.25, 0.3) is 0 Å². The summed E-state index contributed by atoms with van der Waals surface area (Å²) in [6.45, 7) is 4.59. The lowest BCUT2D eigenvalue weighted by molar-refractivity contribution is -0.137. The van der Waals surface area contributed by atoms with Crippen LogP contribution in [0.15, 0.2) is 22.8 Å². The molecule has 2 saturated heterocycles. The predicted molar refractivity (Wildman–Crippen MR) is 87.1 cm³/mol. The summed E-state index contributed by atoms with van der Waals surface area (Å²) in [6.07, 6.45) is 1.80. The first kappa shape index (κ1) is 17.0. The number of hydrogen-bond acceptors (Lipinski definition) is 5. The molecule has 0 N–H and O–H groups in total. The van der Waals surface area contributed by atoms with E-state index in [1.807, 2.05) is 13.8 Å². The molecule has 0 radical (unpaired) electrons. The van der Waals surface area contributed by atoms with Crippen LogP contribution < -0.4 is 0 Å². The van der Waals surface area contributed by atoms with Crippen molar-refractivity contribution in [1.82, 2.24) is 9.80 Å². The molecule has 0 spiro atoms. The standard InChI is InChI=1S/C16H22N2O5S/c1-11(2)8-15(19)17-5-6-18(16(20)14-4-3-7-23-14)13-10-24(21,22)9-12(13)17/h3-4,7,11-13H,5-6,8-10H2,1-2H3/t12-,13+/m1/s1. The number of amides is 2. The van der Waals surface area contributed by atoms with E-state index in [2.05, 4.69) is 0 Å². The van der Waals surface area contributed by atoms with Gasteiger partial charge in [0.1, 0.15) is 0 Å². The molecule has 2 aliphatic heterocycles. The van der Waals surface area contributed by atoms with E-state index in [1.165, 1.54) is 6.26 Å². The molecule has 0 bridgehead atoms. The number of sulfone groups is 1. The van der Waals surface area contributed by atoms with Gasteiger partial charge in [0.05, 0.1) is 29.9 Å². The molecule has 3 rings (SSSR count). The minimum Gasteiger partial charge on any atom is -0.459 e. The van der Waals surface area contributed by atoms with Crippen LogP contribution in [0, 0.1) is 5.92 Å². The Morgan fingerprint density at radius 3 is 2.42 bits per heavy atom. The fraction of sp³-hybridized carbons (Fsp3) is 0.625. The number of rotatable bonds is 3. The van der Waals surface area contributed by atoms with Crippen LogP contribution >= 0.6 is 0 Å². The van der Waals surface area contributed by atoms with Crippen LogP contribution in [-0.4, -0.2) is 66.7 Å². The summed E-state index contributed by atoms with van der Waals surface area (Å²) in [5.41, 5.74) is 0. The van der Waals surface area contributed by atoms with Crippen molar-refractivity contribution in [3.05, 3.63) is 24.2 Å². The van der Waals surface area contributed by atoms with Crippen molar-refractivity contribution < 1.29 is 22.4 Å². The topological polar surface area (TPSA) is 87.9 Å². The van der Waals surface area contributed by atoms with Gasteiger partial charge in [-0.25, -0.2) is 8.42 Å². The fourth-order valence-corrected chi connectivity index (χ4v) is 5.50. The van der Waals surface area contributed by atoms with Gasteiger partial charge in [-0.1, -0.05) is 13.8 Å². The van der Waals surface area contributed by atoms with Crippen molar-refractivity contribution in [2.24, 2.45) is 5.92 Å².